The van der Waals surface area contributed by atoms with Gasteiger partial charge in [-0.15, -0.1) is 0 Å². The second-order valence-corrected chi connectivity index (χ2v) is 13.3. The first-order valence-corrected chi connectivity index (χ1v) is 9.64. The lowest BCUT2D eigenvalue weighted by molar-refractivity contribution is 0.513. The third kappa shape index (κ3) is 3.94. The summed E-state index contributed by atoms with van der Waals surface area (Å²) < 4.78 is 17.9. The highest BCUT2D eigenvalue weighted by atomic mass is 31.2. The lowest BCUT2D eigenvalue weighted by atomic mass is 11.3. The van der Waals surface area contributed by atoms with Crippen LogP contribution in [0.4, 0.5) is 4.20 Å². The third-order valence-electron chi connectivity index (χ3n) is 1.67. The van der Waals surface area contributed by atoms with E-state index in [4.69, 9.17) is 0 Å². The Morgan fingerprint density at radius 3 is 1.38 bits per heavy atom. The number of hydrogen-bond donors (Lipinski definition) is 0. The van der Waals surface area contributed by atoms with Gasteiger partial charge in [-0.1, -0.05) is 19.6 Å². The maximum atomic E-state index is 14.5. The second kappa shape index (κ2) is 4.26. The van der Waals surface area contributed by atoms with Crippen LogP contribution in [0.1, 0.15) is 0 Å². The fraction of sp³-hybridized carbons (Fsp3) is 0.875. The molecule has 0 spiro atoms. The summed E-state index contributed by atoms with van der Waals surface area (Å²) in [5.41, 5.74) is 1.96. The molecule has 0 amide bonds. The molecule has 5 heteroatoms. The van der Waals surface area contributed by atoms with Crippen LogP contribution >= 0.6 is 7.50 Å². The van der Waals surface area contributed by atoms with E-state index in [1.165, 1.54) is 0 Å². The van der Waals surface area contributed by atoms with Crippen LogP contribution in [-0.2, 0) is 0 Å². The van der Waals surface area contributed by atoms with E-state index in [-0.39, 0.29) is 0 Å². The van der Waals surface area contributed by atoms with Gasteiger partial charge in [0.05, 0.1) is 8.07 Å². The molecule has 0 aliphatic rings. The molecular formula is C8H22FN2PSi. The van der Waals surface area contributed by atoms with Crippen molar-refractivity contribution in [2.24, 2.45) is 0 Å². The molecule has 0 radical (unpaired) electrons. The van der Waals surface area contributed by atoms with Gasteiger partial charge in [0.15, 0.2) is 7.50 Å². The van der Waals surface area contributed by atoms with Crippen LogP contribution in [0.15, 0.2) is 0 Å². The van der Waals surface area contributed by atoms with Crippen molar-refractivity contribution >= 4 is 21.0 Å². The highest BCUT2D eigenvalue weighted by molar-refractivity contribution is 7.70. The monoisotopic (exact) mass is 224 g/mol. The van der Waals surface area contributed by atoms with Crippen molar-refractivity contribution in [3.63, 3.8) is 0 Å². The van der Waals surface area contributed by atoms with Crippen molar-refractivity contribution < 1.29 is 4.20 Å². The lowest BCUT2D eigenvalue weighted by Crippen LogP contribution is -2.29. The standard InChI is InChI=1S/C8H22FN2PSi/c1-10(2)12(9,11(3)4)8-13(5,6)7/h8H,1-7H3. The summed E-state index contributed by atoms with van der Waals surface area (Å²) in [7, 11) is 3.16. The zero-order valence-electron chi connectivity index (χ0n) is 9.80. The fourth-order valence-corrected chi connectivity index (χ4v) is 7.59. The largest absolute Gasteiger partial charge is 0.254 e. The first-order chi connectivity index (χ1) is 5.59. The van der Waals surface area contributed by atoms with Gasteiger partial charge in [-0.05, 0) is 33.6 Å². The molecule has 0 saturated heterocycles. The molecule has 13 heavy (non-hydrogen) atoms. The van der Waals surface area contributed by atoms with E-state index in [2.05, 4.69) is 19.6 Å². The molecule has 0 saturated carbocycles. The molecule has 0 heterocycles. The molecule has 0 aromatic heterocycles. The van der Waals surface area contributed by atoms with E-state index in [1.807, 2.05) is 33.6 Å². The molecule has 2 nitrogen and oxygen atoms in total. The molecule has 0 N–H and O–H groups in total. The molecule has 0 rings (SSSR count). The van der Waals surface area contributed by atoms with Crippen molar-refractivity contribution in [2.45, 2.75) is 19.6 Å². The Balaban J connectivity index is 5.14. The van der Waals surface area contributed by atoms with Crippen LogP contribution in [0.5, 0.6) is 0 Å². The van der Waals surface area contributed by atoms with Crippen molar-refractivity contribution in [3.8, 4) is 0 Å². The van der Waals surface area contributed by atoms with Gasteiger partial charge in [0.2, 0.25) is 0 Å². The second-order valence-electron chi connectivity index (χ2n) is 4.76. The Bertz CT molecular complexity index is 209. The van der Waals surface area contributed by atoms with Crippen molar-refractivity contribution in [2.75, 3.05) is 28.2 Å². The predicted octanol–water partition coefficient (Wildman–Crippen LogP) is 2.52. The van der Waals surface area contributed by atoms with Gasteiger partial charge in [0.1, 0.15) is 0 Å². The minimum absolute atomic E-state index is 1.45. The van der Waals surface area contributed by atoms with Gasteiger partial charge >= 0.3 is 0 Å². The molecule has 0 unspecified atom stereocenters. The van der Waals surface area contributed by atoms with E-state index < -0.39 is 15.6 Å². The quantitative estimate of drug-likeness (QED) is 0.537. The molecule has 80 valence electrons. The zero-order chi connectivity index (χ0) is 10.9. The zero-order valence-corrected chi connectivity index (χ0v) is 11.7. The number of halogens is 1. The topological polar surface area (TPSA) is 6.48 Å². The Labute approximate surface area is 82.9 Å². The highest BCUT2D eigenvalue weighted by Crippen LogP contribution is 2.52. The van der Waals surface area contributed by atoms with E-state index in [1.54, 1.807) is 9.34 Å². The molecule has 0 aliphatic heterocycles. The first-order valence-electron chi connectivity index (χ1n) is 4.40. The SMILES string of the molecule is CN(C)P(F)(=C[Si](C)(C)C)N(C)C. The van der Waals surface area contributed by atoms with Gasteiger partial charge in [0, 0.05) is 0 Å². The van der Waals surface area contributed by atoms with E-state index in [0.717, 1.165) is 0 Å². The predicted molar refractivity (Wildman–Crippen MR) is 64.8 cm³/mol. The Hall–Kier alpha value is 0.367. The molecule has 0 fully saturated rings. The van der Waals surface area contributed by atoms with Gasteiger partial charge in [-0.25, -0.2) is 0 Å². The summed E-state index contributed by atoms with van der Waals surface area (Å²) in [6.45, 7) is 6.48. The summed E-state index contributed by atoms with van der Waals surface area (Å²) in [6, 6.07) is 0. The Morgan fingerprint density at radius 1 is 1.00 bits per heavy atom. The average molecular weight is 224 g/mol. The van der Waals surface area contributed by atoms with Crippen LogP contribution in [0, 0.1) is 0 Å². The molecule has 0 aromatic rings. The maximum Gasteiger partial charge on any atom is 0.175 e. The van der Waals surface area contributed by atoms with Crippen LogP contribution < -0.4 is 0 Å². The van der Waals surface area contributed by atoms with Gasteiger partial charge in [-0.2, -0.15) is 4.20 Å². The van der Waals surface area contributed by atoms with Crippen molar-refractivity contribution in [1.29, 1.82) is 0 Å². The molecular weight excluding hydrogens is 202 g/mol. The molecule has 0 atom stereocenters. The molecule has 0 aromatic carbocycles. The lowest BCUT2D eigenvalue weighted by Gasteiger charge is -2.32. The van der Waals surface area contributed by atoms with Crippen molar-refractivity contribution in [3.05, 3.63) is 0 Å². The van der Waals surface area contributed by atoms with E-state index in [0.29, 0.717) is 0 Å². The first kappa shape index (κ1) is 13.4. The van der Waals surface area contributed by atoms with Crippen LogP contribution in [0.3, 0.4) is 0 Å². The molecule has 0 bridgehead atoms. The molecule has 0 aliphatic carbocycles. The van der Waals surface area contributed by atoms with Gasteiger partial charge in [-0.3, -0.25) is 9.34 Å². The number of rotatable bonds is 3. The normalized spacial score (nSPS) is 14.0. The summed E-state index contributed by atoms with van der Waals surface area (Å²) >= 11 is 0. The summed E-state index contributed by atoms with van der Waals surface area (Å²) in [6.07, 6.45) is 0. The maximum absolute atomic E-state index is 14.5. The third-order valence-corrected chi connectivity index (χ3v) is 8.33. The van der Waals surface area contributed by atoms with Crippen LogP contribution in [0.2, 0.25) is 19.6 Å². The highest BCUT2D eigenvalue weighted by Gasteiger charge is 2.26. The van der Waals surface area contributed by atoms with Crippen LogP contribution in [0.25, 0.3) is 0 Å². The minimum atomic E-state index is -2.63. The van der Waals surface area contributed by atoms with E-state index >= 15 is 0 Å². The van der Waals surface area contributed by atoms with Gasteiger partial charge < -0.3 is 0 Å². The van der Waals surface area contributed by atoms with E-state index in [9.17, 15) is 4.20 Å². The smallest absolute Gasteiger partial charge is 0.175 e. The Morgan fingerprint density at radius 2 is 1.31 bits per heavy atom. The number of hydrogen-bond acceptors (Lipinski definition) is 2. The number of nitrogens with zero attached hydrogens (tertiary/aromatic N) is 2. The summed E-state index contributed by atoms with van der Waals surface area (Å²) in [5.74, 6) is 0. The minimum Gasteiger partial charge on any atom is -0.254 e. The average Bonchev–Trinajstić information content (AvgIpc) is 1.82. The Kier molecular flexibility index (Phi) is 4.38. The van der Waals surface area contributed by atoms with Crippen molar-refractivity contribution in [1.82, 2.24) is 9.34 Å². The van der Waals surface area contributed by atoms with Crippen LogP contribution in [-0.4, -0.2) is 51.0 Å². The summed E-state index contributed by atoms with van der Waals surface area (Å²) in [4.78, 5) is 0. The summed E-state index contributed by atoms with van der Waals surface area (Å²) in [5, 5.41) is 0. The van der Waals surface area contributed by atoms with Gasteiger partial charge in [0.25, 0.3) is 0 Å². The fourth-order valence-electron chi connectivity index (χ4n) is 1.08.